The van der Waals surface area contributed by atoms with Crippen molar-refractivity contribution < 1.29 is 22.7 Å². The van der Waals surface area contributed by atoms with Crippen LogP contribution < -0.4 is 15.6 Å². The minimum atomic E-state index is -3.46. The van der Waals surface area contributed by atoms with Crippen LogP contribution in [0, 0.1) is 6.92 Å². The Morgan fingerprint density at radius 2 is 1.53 bits per heavy atom. The Balaban J connectivity index is 1.58. The molecule has 166 valence electrons. The number of sulfone groups is 1. The average molecular weight is 473 g/mol. The van der Waals surface area contributed by atoms with E-state index in [0.29, 0.717) is 28.5 Å². The number of amides is 2. The SMILES string of the molecule is Cc1ccc(S(C)(=O)=O)cc1C(=O)NNC(=O)c1ccc(COc2ccc(Cl)cc2)cc1. The molecule has 0 saturated heterocycles. The van der Waals surface area contributed by atoms with Crippen molar-refractivity contribution in [3.8, 4) is 5.75 Å². The third-order valence-electron chi connectivity index (χ3n) is 4.61. The number of carbonyl (C=O) groups is 2. The van der Waals surface area contributed by atoms with E-state index in [4.69, 9.17) is 16.3 Å². The van der Waals surface area contributed by atoms with Crippen molar-refractivity contribution in [2.45, 2.75) is 18.4 Å². The molecule has 0 bridgehead atoms. The highest BCUT2D eigenvalue weighted by Crippen LogP contribution is 2.17. The molecule has 0 aliphatic carbocycles. The number of hydrazine groups is 1. The molecular formula is C23H21ClN2O5S. The Bertz CT molecular complexity index is 1240. The van der Waals surface area contributed by atoms with Gasteiger partial charge in [0.25, 0.3) is 11.8 Å². The molecule has 0 aliphatic rings. The van der Waals surface area contributed by atoms with Gasteiger partial charge in [0.1, 0.15) is 12.4 Å². The van der Waals surface area contributed by atoms with Crippen LogP contribution >= 0.6 is 11.6 Å². The number of ether oxygens (including phenoxy) is 1. The minimum absolute atomic E-state index is 0.0241. The summed E-state index contributed by atoms with van der Waals surface area (Å²) in [6.45, 7) is 1.99. The number of halogens is 1. The van der Waals surface area contributed by atoms with E-state index in [1.54, 1.807) is 55.5 Å². The second-order valence-electron chi connectivity index (χ2n) is 7.10. The van der Waals surface area contributed by atoms with Crippen LogP contribution in [-0.4, -0.2) is 26.5 Å². The van der Waals surface area contributed by atoms with E-state index < -0.39 is 21.7 Å². The van der Waals surface area contributed by atoms with Gasteiger partial charge in [-0.25, -0.2) is 8.42 Å². The molecule has 0 heterocycles. The Kier molecular flexibility index (Phi) is 7.17. The number of hydrogen-bond donors (Lipinski definition) is 2. The normalized spacial score (nSPS) is 11.0. The molecule has 0 radical (unpaired) electrons. The maximum atomic E-state index is 12.4. The van der Waals surface area contributed by atoms with Crippen molar-refractivity contribution in [1.82, 2.24) is 10.9 Å². The van der Waals surface area contributed by atoms with Gasteiger partial charge in [-0.1, -0.05) is 29.8 Å². The van der Waals surface area contributed by atoms with E-state index >= 15 is 0 Å². The number of nitrogens with one attached hydrogen (secondary N) is 2. The van der Waals surface area contributed by atoms with E-state index in [-0.39, 0.29) is 10.5 Å². The zero-order chi connectivity index (χ0) is 23.3. The first-order valence-corrected chi connectivity index (χ1v) is 11.8. The van der Waals surface area contributed by atoms with Crippen molar-refractivity contribution in [3.63, 3.8) is 0 Å². The number of hydrogen-bond acceptors (Lipinski definition) is 5. The molecule has 0 unspecified atom stereocenters. The van der Waals surface area contributed by atoms with Gasteiger partial charge in [0.15, 0.2) is 9.84 Å². The van der Waals surface area contributed by atoms with E-state index in [1.165, 1.54) is 18.2 Å². The van der Waals surface area contributed by atoms with Gasteiger partial charge >= 0.3 is 0 Å². The van der Waals surface area contributed by atoms with Gasteiger partial charge < -0.3 is 4.74 Å². The second kappa shape index (κ2) is 9.84. The Hall–Kier alpha value is -3.36. The van der Waals surface area contributed by atoms with Crippen LogP contribution in [0.5, 0.6) is 5.75 Å². The highest BCUT2D eigenvalue weighted by molar-refractivity contribution is 7.90. The summed E-state index contributed by atoms with van der Waals surface area (Å²) < 4.78 is 29.1. The summed E-state index contributed by atoms with van der Waals surface area (Å²) in [6.07, 6.45) is 1.06. The first kappa shape index (κ1) is 23.3. The third-order valence-corrected chi connectivity index (χ3v) is 5.97. The molecule has 2 N–H and O–H groups in total. The van der Waals surface area contributed by atoms with Crippen LogP contribution in [0.25, 0.3) is 0 Å². The van der Waals surface area contributed by atoms with Gasteiger partial charge in [0.2, 0.25) is 0 Å². The first-order valence-electron chi connectivity index (χ1n) is 9.52. The summed E-state index contributed by atoms with van der Waals surface area (Å²) in [4.78, 5) is 24.8. The van der Waals surface area contributed by atoms with Gasteiger partial charge in [-0.3, -0.25) is 20.4 Å². The predicted octanol–water partition coefficient (Wildman–Crippen LogP) is 3.71. The molecule has 3 rings (SSSR count). The lowest BCUT2D eigenvalue weighted by Gasteiger charge is -2.11. The zero-order valence-corrected chi connectivity index (χ0v) is 19.0. The molecule has 0 atom stereocenters. The van der Waals surface area contributed by atoms with Gasteiger partial charge in [-0.05, 0) is 66.6 Å². The third kappa shape index (κ3) is 6.09. The Morgan fingerprint density at radius 3 is 2.16 bits per heavy atom. The maximum absolute atomic E-state index is 12.4. The Labute approximate surface area is 191 Å². The minimum Gasteiger partial charge on any atom is -0.489 e. The molecule has 9 heteroatoms. The molecule has 0 fully saturated rings. The molecule has 3 aromatic rings. The fourth-order valence-electron chi connectivity index (χ4n) is 2.78. The van der Waals surface area contributed by atoms with E-state index in [9.17, 15) is 18.0 Å². The van der Waals surface area contributed by atoms with Gasteiger partial charge in [0, 0.05) is 22.4 Å². The molecule has 3 aromatic carbocycles. The lowest BCUT2D eigenvalue weighted by molar-refractivity contribution is 0.0846. The van der Waals surface area contributed by atoms with E-state index in [1.807, 2.05) is 0 Å². The highest BCUT2D eigenvalue weighted by atomic mass is 35.5. The van der Waals surface area contributed by atoms with Crippen LogP contribution in [0.15, 0.2) is 71.6 Å². The van der Waals surface area contributed by atoms with E-state index in [2.05, 4.69) is 10.9 Å². The van der Waals surface area contributed by atoms with Crippen LogP contribution in [0.1, 0.15) is 31.8 Å². The molecule has 0 aromatic heterocycles. The summed E-state index contributed by atoms with van der Waals surface area (Å²) in [5, 5.41) is 0.623. The number of rotatable bonds is 6. The van der Waals surface area contributed by atoms with Gasteiger partial charge in [-0.15, -0.1) is 0 Å². The monoisotopic (exact) mass is 472 g/mol. The van der Waals surface area contributed by atoms with Crippen LogP contribution in [0.2, 0.25) is 5.02 Å². The summed E-state index contributed by atoms with van der Waals surface area (Å²) >= 11 is 5.84. The first-order chi connectivity index (χ1) is 15.1. The van der Waals surface area contributed by atoms with Crippen LogP contribution in [-0.2, 0) is 16.4 Å². The van der Waals surface area contributed by atoms with Crippen molar-refractivity contribution >= 4 is 33.3 Å². The number of carbonyl (C=O) groups excluding carboxylic acids is 2. The van der Waals surface area contributed by atoms with Crippen LogP contribution in [0.3, 0.4) is 0 Å². The molecular weight excluding hydrogens is 452 g/mol. The number of aryl methyl sites for hydroxylation is 1. The fourth-order valence-corrected chi connectivity index (χ4v) is 3.55. The van der Waals surface area contributed by atoms with Crippen molar-refractivity contribution in [3.05, 3.63) is 94.0 Å². The summed E-state index contributed by atoms with van der Waals surface area (Å²) in [5.41, 5.74) is 6.57. The molecule has 7 nitrogen and oxygen atoms in total. The highest BCUT2D eigenvalue weighted by Gasteiger charge is 2.15. The molecule has 32 heavy (non-hydrogen) atoms. The van der Waals surface area contributed by atoms with E-state index in [0.717, 1.165) is 11.8 Å². The average Bonchev–Trinajstić information content (AvgIpc) is 2.76. The number of benzene rings is 3. The second-order valence-corrected chi connectivity index (χ2v) is 9.55. The summed E-state index contributed by atoms with van der Waals surface area (Å²) in [5.74, 6) is -0.455. The van der Waals surface area contributed by atoms with Crippen molar-refractivity contribution in [1.29, 1.82) is 0 Å². The Morgan fingerprint density at radius 1 is 0.906 bits per heavy atom. The van der Waals surface area contributed by atoms with Crippen LogP contribution in [0.4, 0.5) is 0 Å². The largest absolute Gasteiger partial charge is 0.489 e. The fraction of sp³-hybridized carbons (Fsp3) is 0.130. The standard InChI is InChI=1S/C23H21ClN2O5S/c1-15-3-12-20(32(2,29)30)13-21(15)23(28)26-25-22(27)17-6-4-16(5-7-17)14-31-19-10-8-18(24)9-11-19/h3-13H,14H2,1-2H3,(H,25,27)(H,26,28). The molecule has 2 amide bonds. The van der Waals surface area contributed by atoms with Crippen molar-refractivity contribution in [2.75, 3.05) is 6.26 Å². The lowest BCUT2D eigenvalue weighted by Crippen LogP contribution is -2.41. The van der Waals surface area contributed by atoms with Gasteiger partial charge in [0.05, 0.1) is 4.90 Å². The lowest BCUT2D eigenvalue weighted by atomic mass is 10.1. The molecule has 0 spiro atoms. The molecule has 0 aliphatic heterocycles. The predicted molar refractivity (Wildman–Crippen MR) is 121 cm³/mol. The smallest absolute Gasteiger partial charge is 0.270 e. The topological polar surface area (TPSA) is 102 Å². The maximum Gasteiger partial charge on any atom is 0.270 e. The summed E-state index contributed by atoms with van der Waals surface area (Å²) in [6, 6.07) is 17.9. The van der Waals surface area contributed by atoms with Crippen molar-refractivity contribution in [2.24, 2.45) is 0 Å². The summed E-state index contributed by atoms with van der Waals surface area (Å²) in [7, 11) is -3.46. The molecule has 0 saturated carbocycles. The quantitative estimate of drug-likeness (QED) is 0.532. The zero-order valence-electron chi connectivity index (χ0n) is 17.4. The van der Waals surface area contributed by atoms with Gasteiger partial charge in [-0.2, -0.15) is 0 Å².